The van der Waals surface area contributed by atoms with Gasteiger partial charge in [0.2, 0.25) is 5.88 Å². The number of carbonyl (C=O) groups is 1. The second kappa shape index (κ2) is 22.1. The molecule has 6 aromatic rings. The quantitative estimate of drug-likeness (QED) is 0.0768. The average Bonchev–Trinajstić information content (AvgIpc) is 3.41. The topological polar surface area (TPSA) is 215 Å². The number of para-hydroxylation sites is 1. The van der Waals surface area contributed by atoms with E-state index in [2.05, 4.69) is 35.8 Å². The number of sulfonamides is 1. The van der Waals surface area contributed by atoms with Crippen LogP contribution in [0, 0.1) is 33.1 Å². The van der Waals surface area contributed by atoms with E-state index in [-0.39, 0.29) is 77.6 Å². The second-order valence-electron chi connectivity index (χ2n) is 24.3. The molecule has 5 fully saturated rings. The number of ether oxygens (including phenoxy) is 6. The summed E-state index contributed by atoms with van der Waals surface area (Å²) in [5.41, 5.74) is 4.29. The number of hydrogen-bond acceptors (Lipinski definition) is 17. The number of piperidine rings is 1. The van der Waals surface area contributed by atoms with Crippen molar-refractivity contribution >= 4 is 61.1 Å². The number of hydrogen-bond donors (Lipinski definition) is 3. The van der Waals surface area contributed by atoms with Crippen molar-refractivity contribution < 1.29 is 55.3 Å². The Bertz CT molecular complexity index is 3700. The molecule has 8 aliphatic rings. The molecule has 0 bridgehead atoms. The van der Waals surface area contributed by atoms with E-state index in [1.54, 1.807) is 12.3 Å². The zero-order valence-corrected chi connectivity index (χ0v) is 48.3. The molecule has 14 rings (SSSR count). The van der Waals surface area contributed by atoms with Crippen LogP contribution in [0.3, 0.4) is 0 Å². The molecule has 23 heteroatoms. The number of aromatic amines is 1. The number of carbonyl (C=O) groups excluding carboxylic acids is 1. The molecular formula is C62H69F2N9O11S. The van der Waals surface area contributed by atoms with Gasteiger partial charge in [-0.3, -0.25) is 19.8 Å². The number of H-pyrrole nitrogens is 1. The number of nitrogens with one attached hydrogen (secondary N) is 3. The number of rotatable bonds is 12. The number of amides is 1. The average molecular weight is 1190 g/mol. The van der Waals surface area contributed by atoms with Crippen molar-refractivity contribution in [2.75, 3.05) is 92.4 Å². The SMILES string of the molecule is CC(C)Oc1ccccc1[C@@H]1CN(c2c(F)cc(F)c3c2CCCO3)CCN1C1CC2(CCN(c3ccc(C(=O)NS(=O)(=O)c4cc5c(c([N+](=O)[O-])c4)N[C@H](C4CCOCC4)CO5)c(N4c5cc6cc[nH]c6nc5O[C@H]5COCC[C@@H]54)c3)CC2)C1. The number of fused-ring (bicyclic) bond motifs is 5. The molecule has 448 valence electrons. The van der Waals surface area contributed by atoms with E-state index in [0.717, 1.165) is 86.1 Å². The van der Waals surface area contributed by atoms with E-state index in [9.17, 15) is 23.3 Å². The van der Waals surface area contributed by atoms with Crippen LogP contribution in [0.2, 0.25) is 0 Å². The summed E-state index contributed by atoms with van der Waals surface area (Å²) in [6.45, 7) is 9.58. The lowest BCUT2D eigenvalue weighted by atomic mass is 9.59. The van der Waals surface area contributed by atoms with Crippen molar-refractivity contribution in [3.8, 4) is 23.1 Å². The van der Waals surface area contributed by atoms with Crippen molar-refractivity contribution in [2.45, 2.75) is 113 Å². The molecule has 1 spiro atoms. The predicted octanol–water partition coefficient (Wildman–Crippen LogP) is 9.58. The highest BCUT2D eigenvalue weighted by molar-refractivity contribution is 7.90. The highest BCUT2D eigenvalue weighted by Crippen LogP contribution is 2.55. The van der Waals surface area contributed by atoms with Crippen LogP contribution in [0.1, 0.15) is 92.7 Å². The summed E-state index contributed by atoms with van der Waals surface area (Å²) in [4.78, 5) is 43.5. The molecule has 3 N–H and O–H groups in total. The Labute approximate surface area is 491 Å². The summed E-state index contributed by atoms with van der Waals surface area (Å²) in [5.74, 6) is -0.743. The molecule has 7 aliphatic heterocycles. The van der Waals surface area contributed by atoms with Crippen LogP contribution >= 0.6 is 0 Å². The van der Waals surface area contributed by atoms with Gasteiger partial charge in [0.1, 0.15) is 35.6 Å². The van der Waals surface area contributed by atoms with Gasteiger partial charge in [-0.25, -0.2) is 21.9 Å². The summed E-state index contributed by atoms with van der Waals surface area (Å²) in [5, 5.41) is 16.7. The van der Waals surface area contributed by atoms with Crippen LogP contribution in [0.25, 0.3) is 11.0 Å². The molecule has 9 heterocycles. The lowest BCUT2D eigenvalue weighted by Crippen LogP contribution is -2.60. The fourth-order valence-electron chi connectivity index (χ4n) is 14.7. The number of pyridine rings is 1. The Hall–Kier alpha value is -7.47. The third kappa shape index (κ3) is 10.3. The van der Waals surface area contributed by atoms with Crippen LogP contribution < -0.4 is 43.7 Å². The van der Waals surface area contributed by atoms with Gasteiger partial charge >= 0.3 is 0 Å². The van der Waals surface area contributed by atoms with Gasteiger partial charge in [-0.2, -0.15) is 4.98 Å². The third-order valence-electron chi connectivity index (χ3n) is 18.9. The molecular weight excluding hydrogens is 1120 g/mol. The van der Waals surface area contributed by atoms with Crippen molar-refractivity contribution in [2.24, 2.45) is 11.3 Å². The standard InChI is InChI=1S/C62H69F2N9O11S/c1-36(2)83-53-8-4-3-6-42(53)52-33-70(57-44-7-5-22-81-58(44)46(64)30-45(57)63)20-21-71(52)40-31-62(32-40)15-18-69(19-16-62)39-9-10-43(49(27-39)72-48-14-25-80-35-55(48)84-61-51(72)26-38-11-17-65-59(38)67-61)60(74)68-85(77,78)41-28-50(73(75)76)56-54(29-41)82-34-47(66-56)37-12-23-79-24-13-37/h3-4,6,8-11,17,26-30,36-37,40,47-48,52,55,66H,5,7,12-16,18-25,31-35H2,1-2H3,(H,65,67)(H,68,74)/t47-,48-,52-,55-/m0/s1. The molecule has 85 heavy (non-hydrogen) atoms. The first kappa shape index (κ1) is 55.4. The van der Waals surface area contributed by atoms with Crippen LogP contribution in [0.15, 0.2) is 83.9 Å². The number of aromatic nitrogens is 2. The molecule has 4 atom stereocenters. The Morgan fingerprint density at radius 2 is 1.71 bits per heavy atom. The zero-order chi connectivity index (χ0) is 58.3. The van der Waals surface area contributed by atoms with E-state index in [1.165, 1.54) is 6.07 Å². The van der Waals surface area contributed by atoms with E-state index >= 15 is 8.78 Å². The molecule has 1 aliphatic carbocycles. The number of halogens is 2. The lowest BCUT2D eigenvalue weighted by Gasteiger charge is -2.58. The van der Waals surface area contributed by atoms with Gasteiger partial charge in [0.05, 0.1) is 64.2 Å². The van der Waals surface area contributed by atoms with Crippen LogP contribution in [-0.2, 0) is 25.9 Å². The number of nitro benzene ring substituents is 1. The maximum atomic E-state index is 16.0. The van der Waals surface area contributed by atoms with E-state index in [1.807, 2.05) is 61.2 Å². The van der Waals surface area contributed by atoms with Gasteiger partial charge in [0.25, 0.3) is 21.6 Å². The maximum Gasteiger partial charge on any atom is 0.297 e. The van der Waals surface area contributed by atoms with E-state index in [4.69, 9.17) is 33.4 Å². The van der Waals surface area contributed by atoms with Gasteiger partial charge in [-0.05, 0) is 119 Å². The highest BCUT2D eigenvalue weighted by atomic mass is 32.2. The first-order valence-corrected chi connectivity index (χ1v) is 31.3. The number of anilines is 5. The number of benzene rings is 4. The monoisotopic (exact) mass is 1190 g/mol. The van der Waals surface area contributed by atoms with Gasteiger partial charge < -0.3 is 53.4 Å². The summed E-state index contributed by atoms with van der Waals surface area (Å²) < 4.78 is 98.7. The molecule has 0 unspecified atom stereocenters. The smallest absolute Gasteiger partial charge is 0.297 e. The van der Waals surface area contributed by atoms with Crippen LogP contribution in [0.4, 0.5) is 42.9 Å². The van der Waals surface area contributed by atoms with Crippen molar-refractivity contribution in [1.82, 2.24) is 19.6 Å². The lowest BCUT2D eigenvalue weighted by molar-refractivity contribution is -0.384. The van der Waals surface area contributed by atoms with Gasteiger partial charge in [0, 0.05) is 105 Å². The van der Waals surface area contributed by atoms with Gasteiger partial charge in [-0.15, -0.1) is 0 Å². The first-order valence-electron chi connectivity index (χ1n) is 29.8. The van der Waals surface area contributed by atoms with Crippen LogP contribution in [-0.4, -0.2) is 137 Å². The molecule has 4 aromatic carbocycles. The minimum atomic E-state index is -4.75. The summed E-state index contributed by atoms with van der Waals surface area (Å²) in [6, 6.07) is 20.1. The Balaban J connectivity index is 0.745. The Kier molecular flexibility index (Phi) is 14.4. The number of nitro groups is 1. The zero-order valence-electron chi connectivity index (χ0n) is 47.5. The maximum absolute atomic E-state index is 16.0. The number of piperazine rings is 1. The fraction of sp³-hybridized carbons (Fsp3) is 0.484. The number of nitrogens with zero attached hydrogens (tertiary/aromatic N) is 6. The summed E-state index contributed by atoms with van der Waals surface area (Å²) in [6.07, 6.45) is 8.26. The molecule has 1 saturated carbocycles. The minimum Gasteiger partial charge on any atom is -0.491 e. The predicted molar refractivity (Wildman–Crippen MR) is 313 cm³/mol. The van der Waals surface area contributed by atoms with Crippen molar-refractivity contribution in [3.05, 3.63) is 117 Å². The fourth-order valence-corrected chi connectivity index (χ4v) is 15.7. The van der Waals surface area contributed by atoms with Crippen LogP contribution in [0.5, 0.6) is 23.1 Å². The molecule has 0 radical (unpaired) electrons. The minimum absolute atomic E-state index is 0.00503. The largest absolute Gasteiger partial charge is 0.491 e. The normalized spacial score (nSPS) is 23.3. The highest BCUT2D eigenvalue weighted by Gasteiger charge is 2.51. The van der Waals surface area contributed by atoms with Crippen molar-refractivity contribution in [1.29, 1.82) is 0 Å². The molecule has 1 amide bonds. The van der Waals surface area contributed by atoms with Crippen molar-refractivity contribution in [3.63, 3.8) is 0 Å². The second-order valence-corrected chi connectivity index (χ2v) is 26.0. The van der Waals surface area contributed by atoms with Gasteiger partial charge in [-0.1, -0.05) is 18.2 Å². The van der Waals surface area contributed by atoms with Gasteiger partial charge in [0.15, 0.2) is 23.0 Å². The Morgan fingerprint density at radius 1 is 0.894 bits per heavy atom. The molecule has 4 saturated heterocycles. The van der Waals surface area contributed by atoms with E-state index < -0.39 is 49.2 Å². The first-order chi connectivity index (χ1) is 41.2. The molecule has 20 nitrogen and oxygen atoms in total. The molecule has 2 aromatic heterocycles. The summed E-state index contributed by atoms with van der Waals surface area (Å²) >= 11 is 0. The third-order valence-corrected chi connectivity index (χ3v) is 20.2. The van der Waals surface area contributed by atoms with E-state index in [0.29, 0.717) is 99.5 Å². The summed E-state index contributed by atoms with van der Waals surface area (Å²) in [7, 11) is -4.75. The Morgan fingerprint density at radius 3 is 2.52 bits per heavy atom.